The van der Waals surface area contributed by atoms with Gasteiger partial charge in [-0.15, -0.1) is 0 Å². The molecule has 4 nitrogen and oxygen atoms in total. The number of hydrogen-bond acceptors (Lipinski definition) is 4. The summed E-state index contributed by atoms with van der Waals surface area (Å²) in [7, 11) is 0. The van der Waals surface area contributed by atoms with Crippen molar-refractivity contribution >= 4 is 0 Å². The fraction of sp³-hybridized carbons (Fsp3) is 0.455. The Balaban J connectivity index is 2.09. The van der Waals surface area contributed by atoms with E-state index in [1.54, 1.807) is 6.92 Å². The van der Waals surface area contributed by atoms with Crippen LogP contribution in [0.3, 0.4) is 0 Å². The highest BCUT2D eigenvalue weighted by Crippen LogP contribution is 2.33. The molecule has 0 saturated heterocycles. The smallest absolute Gasteiger partial charge is 0.127 e. The first-order chi connectivity index (χ1) is 7.16. The van der Waals surface area contributed by atoms with Crippen molar-refractivity contribution in [3.8, 4) is 11.5 Å². The van der Waals surface area contributed by atoms with Gasteiger partial charge in [0.15, 0.2) is 0 Å². The maximum Gasteiger partial charge on any atom is 0.127 e. The molecular weight excluding hydrogens is 194 g/mol. The maximum absolute atomic E-state index is 9.07. The van der Waals surface area contributed by atoms with Crippen LogP contribution in [-0.4, -0.2) is 24.4 Å². The van der Waals surface area contributed by atoms with Gasteiger partial charge in [-0.25, -0.2) is 0 Å². The molecule has 0 amide bonds. The van der Waals surface area contributed by atoms with Crippen LogP contribution in [0.25, 0.3) is 0 Å². The molecule has 0 radical (unpaired) electrons. The van der Waals surface area contributed by atoms with Gasteiger partial charge in [0.2, 0.25) is 0 Å². The Morgan fingerprint density at radius 3 is 3.20 bits per heavy atom. The van der Waals surface area contributed by atoms with Crippen molar-refractivity contribution in [1.29, 1.82) is 0 Å². The zero-order chi connectivity index (χ0) is 10.8. The third-order valence-electron chi connectivity index (χ3n) is 2.29. The molecule has 0 bridgehead atoms. The minimum atomic E-state index is -0.471. The van der Waals surface area contributed by atoms with Gasteiger partial charge < -0.3 is 20.3 Å². The van der Waals surface area contributed by atoms with Gasteiger partial charge in [0, 0.05) is 11.6 Å². The third kappa shape index (κ3) is 2.22. The van der Waals surface area contributed by atoms with Crippen molar-refractivity contribution in [2.45, 2.75) is 19.1 Å². The van der Waals surface area contributed by atoms with Gasteiger partial charge in [0.25, 0.3) is 0 Å². The number of ether oxygens (including phenoxy) is 2. The summed E-state index contributed by atoms with van der Waals surface area (Å²) in [4.78, 5) is 0. The molecule has 0 spiro atoms. The predicted octanol–water partition coefficient (Wildman–Crippen LogP) is 0.838. The Hall–Kier alpha value is -1.26. The standard InChI is InChI=1S/C11H15NO3/c1-7(13)5-14-8-2-3-9-10(12)6-15-11(9)4-8/h2-4,7,10,13H,5-6,12H2,1H3. The molecule has 82 valence electrons. The van der Waals surface area contributed by atoms with E-state index < -0.39 is 6.10 Å². The molecule has 0 aromatic heterocycles. The second kappa shape index (κ2) is 4.08. The zero-order valence-electron chi connectivity index (χ0n) is 8.64. The molecule has 0 saturated carbocycles. The number of fused-ring (bicyclic) bond motifs is 1. The summed E-state index contributed by atoms with van der Waals surface area (Å²) in [5.74, 6) is 1.48. The summed E-state index contributed by atoms with van der Waals surface area (Å²) < 4.78 is 10.7. The van der Waals surface area contributed by atoms with Crippen molar-refractivity contribution in [1.82, 2.24) is 0 Å². The predicted molar refractivity (Wildman–Crippen MR) is 56.0 cm³/mol. The van der Waals surface area contributed by atoms with Crippen molar-refractivity contribution in [2.75, 3.05) is 13.2 Å². The lowest BCUT2D eigenvalue weighted by Gasteiger charge is -2.09. The van der Waals surface area contributed by atoms with E-state index in [1.165, 1.54) is 0 Å². The SMILES string of the molecule is CC(O)COc1ccc2c(c1)OCC2N. The Kier molecular flexibility index (Phi) is 2.79. The second-order valence-corrected chi connectivity index (χ2v) is 3.78. The fourth-order valence-electron chi connectivity index (χ4n) is 1.52. The largest absolute Gasteiger partial charge is 0.491 e. The molecule has 1 aliphatic heterocycles. The van der Waals surface area contributed by atoms with Crippen LogP contribution in [0, 0.1) is 0 Å². The van der Waals surface area contributed by atoms with Gasteiger partial charge >= 0.3 is 0 Å². The number of rotatable bonds is 3. The van der Waals surface area contributed by atoms with Gasteiger partial charge in [0.05, 0.1) is 12.1 Å². The first kappa shape index (κ1) is 10.3. The third-order valence-corrected chi connectivity index (χ3v) is 2.29. The monoisotopic (exact) mass is 209 g/mol. The van der Waals surface area contributed by atoms with Gasteiger partial charge in [-0.2, -0.15) is 0 Å². The van der Waals surface area contributed by atoms with Crippen LogP contribution in [-0.2, 0) is 0 Å². The van der Waals surface area contributed by atoms with Crippen LogP contribution in [0.2, 0.25) is 0 Å². The van der Waals surface area contributed by atoms with Crippen LogP contribution < -0.4 is 15.2 Å². The normalized spacial score (nSPS) is 20.6. The lowest BCUT2D eigenvalue weighted by molar-refractivity contribution is 0.122. The van der Waals surface area contributed by atoms with Crippen molar-refractivity contribution in [3.63, 3.8) is 0 Å². The summed E-state index contributed by atoms with van der Waals surface area (Å²) in [6.45, 7) is 2.49. The highest BCUT2D eigenvalue weighted by Gasteiger charge is 2.20. The summed E-state index contributed by atoms with van der Waals surface area (Å²) in [5.41, 5.74) is 6.83. The molecule has 15 heavy (non-hydrogen) atoms. The number of aliphatic hydroxyl groups excluding tert-OH is 1. The van der Waals surface area contributed by atoms with E-state index in [0.29, 0.717) is 12.4 Å². The maximum atomic E-state index is 9.07. The molecule has 1 heterocycles. The van der Waals surface area contributed by atoms with Crippen molar-refractivity contribution in [2.24, 2.45) is 5.73 Å². The Morgan fingerprint density at radius 1 is 1.67 bits per heavy atom. The summed E-state index contributed by atoms with van der Waals surface area (Å²) >= 11 is 0. The van der Waals surface area contributed by atoms with Crippen molar-refractivity contribution < 1.29 is 14.6 Å². The molecule has 0 fully saturated rings. The number of nitrogens with two attached hydrogens (primary N) is 1. The quantitative estimate of drug-likeness (QED) is 0.774. The molecule has 3 N–H and O–H groups in total. The molecule has 2 atom stereocenters. The first-order valence-corrected chi connectivity index (χ1v) is 5.00. The highest BCUT2D eigenvalue weighted by atomic mass is 16.5. The average molecular weight is 209 g/mol. The lowest BCUT2D eigenvalue weighted by atomic mass is 10.1. The van der Waals surface area contributed by atoms with E-state index in [9.17, 15) is 0 Å². The van der Waals surface area contributed by atoms with E-state index in [1.807, 2.05) is 18.2 Å². The fourth-order valence-corrected chi connectivity index (χ4v) is 1.52. The van der Waals surface area contributed by atoms with E-state index in [-0.39, 0.29) is 12.6 Å². The number of benzene rings is 1. The second-order valence-electron chi connectivity index (χ2n) is 3.78. The lowest BCUT2D eigenvalue weighted by Crippen LogP contribution is -2.12. The topological polar surface area (TPSA) is 64.7 Å². The molecule has 2 unspecified atom stereocenters. The molecule has 2 rings (SSSR count). The molecule has 0 aliphatic carbocycles. The minimum absolute atomic E-state index is 0.0363. The number of aliphatic hydroxyl groups is 1. The summed E-state index contributed by atoms with van der Waals surface area (Å²) in [5, 5.41) is 9.07. The Bertz CT molecular complexity index is 352. The Labute approximate surface area is 88.6 Å². The average Bonchev–Trinajstić information content (AvgIpc) is 2.57. The molecule has 1 aromatic carbocycles. The Morgan fingerprint density at radius 2 is 2.47 bits per heavy atom. The van der Waals surface area contributed by atoms with E-state index in [2.05, 4.69) is 0 Å². The summed E-state index contributed by atoms with van der Waals surface area (Å²) in [6, 6.07) is 5.52. The van der Waals surface area contributed by atoms with E-state index in [4.69, 9.17) is 20.3 Å². The zero-order valence-corrected chi connectivity index (χ0v) is 8.64. The van der Waals surface area contributed by atoms with Crippen LogP contribution in [0.1, 0.15) is 18.5 Å². The van der Waals surface area contributed by atoms with Gasteiger partial charge in [0.1, 0.15) is 24.7 Å². The van der Waals surface area contributed by atoms with Gasteiger partial charge in [-0.05, 0) is 19.1 Å². The van der Waals surface area contributed by atoms with Crippen LogP contribution in [0.15, 0.2) is 18.2 Å². The van der Waals surface area contributed by atoms with Crippen LogP contribution in [0.5, 0.6) is 11.5 Å². The van der Waals surface area contributed by atoms with Gasteiger partial charge in [-0.3, -0.25) is 0 Å². The van der Waals surface area contributed by atoms with Crippen LogP contribution >= 0.6 is 0 Å². The van der Waals surface area contributed by atoms with E-state index in [0.717, 1.165) is 11.3 Å². The van der Waals surface area contributed by atoms with E-state index >= 15 is 0 Å². The summed E-state index contributed by atoms with van der Waals surface area (Å²) in [6.07, 6.45) is -0.471. The molecular formula is C11H15NO3. The highest BCUT2D eigenvalue weighted by molar-refractivity contribution is 5.44. The van der Waals surface area contributed by atoms with Crippen LogP contribution in [0.4, 0.5) is 0 Å². The molecule has 4 heteroatoms. The minimum Gasteiger partial charge on any atom is -0.491 e. The van der Waals surface area contributed by atoms with Gasteiger partial charge in [-0.1, -0.05) is 0 Å². The first-order valence-electron chi connectivity index (χ1n) is 5.00. The molecule has 1 aliphatic rings. The molecule has 1 aromatic rings. The number of hydrogen-bond donors (Lipinski definition) is 2. The van der Waals surface area contributed by atoms with Crippen molar-refractivity contribution in [3.05, 3.63) is 23.8 Å².